The van der Waals surface area contributed by atoms with Crippen molar-refractivity contribution in [3.8, 4) is 0 Å². The van der Waals surface area contributed by atoms with Gasteiger partial charge in [0.15, 0.2) is 5.82 Å². The molecule has 0 fully saturated rings. The van der Waals surface area contributed by atoms with Crippen molar-refractivity contribution in [2.75, 3.05) is 25.5 Å². The highest BCUT2D eigenvalue weighted by Gasteiger charge is 2.16. The minimum Gasteiger partial charge on any atom is -0.449 e. The molecule has 0 radical (unpaired) electrons. The molecule has 0 saturated carbocycles. The number of quaternary nitrogens is 1. The quantitative estimate of drug-likeness (QED) is 0.541. The first-order chi connectivity index (χ1) is 13.5. The van der Waals surface area contributed by atoms with Gasteiger partial charge < -0.3 is 19.2 Å². The van der Waals surface area contributed by atoms with E-state index < -0.39 is 0 Å². The van der Waals surface area contributed by atoms with Gasteiger partial charge in [0.25, 0.3) is 5.56 Å². The van der Waals surface area contributed by atoms with Crippen molar-refractivity contribution < 1.29 is 9.32 Å². The Balaban J connectivity index is 1.60. The van der Waals surface area contributed by atoms with Crippen LogP contribution in [0.5, 0.6) is 0 Å². The number of nitrogens with one attached hydrogen (secondary N) is 2. The Morgan fingerprint density at radius 2 is 1.82 bits per heavy atom. The Hall–Kier alpha value is -3.12. The normalized spacial score (nSPS) is 12.5. The molecule has 4 rings (SSSR count). The molecule has 0 amide bonds. The van der Waals surface area contributed by atoms with E-state index in [0.717, 1.165) is 18.5 Å². The van der Waals surface area contributed by atoms with Crippen molar-refractivity contribution in [1.29, 1.82) is 0 Å². The van der Waals surface area contributed by atoms with E-state index in [0.29, 0.717) is 29.1 Å². The van der Waals surface area contributed by atoms with Crippen LogP contribution in [-0.4, -0.2) is 30.6 Å². The molecule has 28 heavy (non-hydrogen) atoms. The Morgan fingerprint density at radius 1 is 1.07 bits per heavy atom. The Bertz CT molecular complexity index is 1160. The van der Waals surface area contributed by atoms with Crippen molar-refractivity contribution in [2.45, 2.75) is 20.0 Å². The molecule has 0 aliphatic heterocycles. The third-order valence-corrected chi connectivity index (χ3v) is 5.10. The summed E-state index contributed by atoms with van der Waals surface area (Å²) in [6, 6.07) is 16.2. The summed E-state index contributed by atoms with van der Waals surface area (Å²) in [4.78, 5) is 23.5. The monoisotopic (exact) mass is 377 g/mol. The standard InChI is InChI=1S/C22H24N4O2/c1-4-26(13-15-9-11-16(12-10-15)25(2)3)14-19-23-20-17-7-5-6-8-18(17)28-21(20)22(27)24-19/h5-12H,4,13-14H2,1-3H3,(H,23,24,27)/p+1. The summed E-state index contributed by atoms with van der Waals surface area (Å²) in [5.41, 5.74) is 3.85. The van der Waals surface area contributed by atoms with E-state index in [9.17, 15) is 4.79 Å². The summed E-state index contributed by atoms with van der Waals surface area (Å²) < 4.78 is 5.68. The second-order valence-corrected chi connectivity index (χ2v) is 7.31. The average molecular weight is 377 g/mol. The molecule has 0 aliphatic rings. The second-order valence-electron chi connectivity index (χ2n) is 7.31. The number of nitrogens with zero attached hydrogens (tertiary/aromatic N) is 2. The number of benzene rings is 2. The van der Waals surface area contributed by atoms with Crippen LogP contribution in [0.4, 0.5) is 5.69 Å². The van der Waals surface area contributed by atoms with Gasteiger partial charge in [-0.05, 0) is 31.2 Å². The van der Waals surface area contributed by atoms with Crippen LogP contribution in [0.15, 0.2) is 57.7 Å². The smallest absolute Gasteiger partial charge is 0.294 e. The van der Waals surface area contributed by atoms with Crippen molar-refractivity contribution >= 4 is 27.8 Å². The van der Waals surface area contributed by atoms with Gasteiger partial charge in [-0.15, -0.1) is 0 Å². The number of hydrogen-bond donors (Lipinski definition) is 2. The van der Waals surface area contributed by atoms with Crippen LogP contribution in [0.25, 0.3) is 22.1 Å². The third kappa shape index (κ3) is 3.51. The number of hydrogen-bond acceptors (Lipinski definition) is 4. The van der Waals surface area contributed by atoms with Gasteiger partial charge in [0.2, 0.25) is 5.58 Å². The van der Waals surface area contributed by atoms with E-state index in [4.69, 9.17) is 9.40 Å². The zero-order valence-corrected chi connectivity index (χ0v) is 16.5. The van der Waals surface area contributed by atoms with Gasteiger partial charge >= 0.3 is 0 Å². The molecular formula is C22H25N4O2+. The van der Waals surface area contributed by atoms with Crippen LogP contribution in [0.3, 0.4) is 0 Å². The fraction of sp³-hybridized carbons (Fsp3) is 0.273. The molecule has 0 aliphatic carbocycles. The molecule has 6 heteroatoms. The molecule has 144 valence electrons. The number of para-hydroxylation sites is 1. The molecule has 1 unspecified atom stereocenters. The lowest BCUT2D eigenvalue weighted by atomic mass is 10.2. The lowest BCUT2D eigenvalue weighted by Crippen LogP contribution is -3.09. The molecule has 0 saturated heterocycles. The van der Waals surface area contributed by atoms with E-state index in [1.165, 1.54) is 16.2 Å². The predicted molar refractivity (Wildman–Crippen MR) is 112 cm³/mol. The molecule has 2 N–H and O–H groups in total. The Labute approximate surface area is 163 Å². The van der Waals surface area contributed by atoms with Crippen LogP contribution in [0, 0.1) is 0 Å². The summed E-state index contributed by atoms with van der Waals surface area (Å²) in [5, 5.41) is 0.877. The first-order valence-electron chi connectivity index (χ1n) is 9.55. The number of fused-ring (bicyclic) bond motifs is 3. The molecule has 1 atom stereocenters. The molecule has 0 spiro atoms. The van der Waals surface area contributed by atoms with Crippen LogP contribution in [0.2, 0.25) is 0 Å². The minimum atomic E-state index is -0.220. The van der Waals surface area contributed by atoms with Crippen molar-refractivity contribution in [3.63, 3.8) is 0 Å². The first-order valence-corrected chi connectivity index (χ1v) is 9.55. The fourth-order valence-corrected chi connectivity index (χ4v) is 3.48. The number of rotatable bonds is 6. The molecular weight excluding hydrogens is 352 g/mol. The van der Waals surface area contributed by atoms with Crippen LogP contribution < -0.4 is 15.4 Å². The lowest BCUT2D eigenvalue weighted by molar-refractivity contribution is -0.926. The summed E-state index contributed by atoms with van der Waals surface area (Å²) in [7, 11) is 4.08. The maximum atomic E-state index is 12.5. The largest absolute Gasteiger partial charge is 0.449 e. The van der Waals surface area contributed by atoms with Gasteiger partial charge in [0.1, 0.15) is 24.2 Å². The van der Waals surface area contributed by atoms with Gasteiger partial charge in [-0.25, -0.2) is 4.98 Å². The number of aromatic amines is 1. The van der Waals surface area contributed by atoms with E-state index in [-0.39, 0.29) is 5.56 Å². The highest BCUT2D eigenvalue weighted by molar-refractivity contribution is 6.01. The number of furan rings is 1. The highest BCUT2D eigenvalue weighted by atomic mass is 16.3. The third-order valence-electron chi connectivity index (χ3n) is 5.10. The Morgan fingerprint density at radius 3 is 2.54 bits per heavy atom. The van der Waals surface area contributed by atoms with E-state index in [1.807, 2.05) is 38.4 Å². The second kappa shape index (κ2) is 7.48. The van der Waals surface area contributed by atoms with Crippen LogP contribution >= 0.6 is 0 Å². The van der Waals surface area contributed by atoms with Crippen molar-refractivity contribution in [1.82, 2.24) is 9.97 Å². The molecule has 4 aromatic rings. The van der Waals surface area contributed by atoms with E-state index in [2.05, 4.69) is 41.1 Å². The fourth-order valence-electron chi connectivity index (χ4n) is 3.48. The topological polar surface area (TPSA) is 66.6 Å². The van der Waals surface area contributed by atoms with Crippen LogP contribution in [-0.2, 0) is 13.1 Å². The summed E-state index contributed by atoms with van der Waals surface area (Å²) in [6.45, 7) is 4.60. The van der Waals surface area contributed by atoms with Gasteiger partial charge in [-0.3, -0.25) is 4.79 Å². The zero-order chi connectivity index (χ0) is 19.7. The Kier molecular flexibility index (Phi) is 4.88. The average Bonchev–Trinajstić information content (AvgIpc) is 3.07. The van der Waals surface area contributed by atoms with Gasteiger partial charge in [-0.1, -0.05) is 24.3 Å². The van der Waals surface area contributed by atoms with Gasteiger partial charge in [0, 0.05) is 30.7 Å². The zero-order valence-electron chi connectivity index (χ0n) is 16.5. The molecule has 0 bridgehead atoms. The summed E-state index contributed by atoms with van der Waals surface area (Å²) in [5.74, 6) is 0.686. The SMILES string of the molecule is CC[NH+](Cc1ccc(N(C)C)cc1)Cc1nc2c(oc3ccccc32)c(=O)[nH]1. The van der Waals surface area contributed by atoms with E-state index >= 15 is 0 Å². The first kappa shape index (κ1) is 18.3. The van der Waals surface area contributed by atoms with E-state index in [1.54, 1.807) is 0 Å². The van der Waals surface area contributed by atoms with Gasteiger partial charge in [-0.2, -0.15) is 0 Å². The lowest BCUT2D eigenvalue weighted by Gasteiger charge is -2.18. The molecule has 2 heterocycles. The number of aromatic nitrogens is 2. The van der Waals surface area contributed by atoms with Crippen molar-refractivity contribution in [3.05, 3.63) is 70.3 Å². The number of H-pyrrole nitrogens is 1. The predicted octanol–water partition coefficient (Wildman–Crippen LogP) is 2.34. The minimum absolute atomic E-state index is 0.220. The highest BCUT2D eigenvalue weighted by Crippen LogP contribution is 2.24. The molecule has 2 aromatic carbocycles. The maximum absolute atomic E-state index is 12.5. The van der Waals surface area contributed by atoms with Crippen LogP contribution in [0.1, 0.15) is 18.3 Å². The molecule has 6 nitrogen and oxygen atoms in total. The number of anilines is 1. The molecule has 2 aromatic heterocycles. The summed E-state index contributed by atoms with van der Waals surface area (Å²) >= 11 is 0. The van der Waals surface area contributed by atoms with Gasteiger partial charge in [0.05, 0.1) is 6.54 Å². The van der Waals surface area contributed by atoms with Crippen molar-refractivity contribution in [2.24, 2.45) is 0 Å². The summed E-state index contributed by atoms with van der Waals surface area (Å²) in [6.07, 6.45) is 0. The maximum Gasteiger partial charge on any atom is 0.294 e.